The van der Waals surface area contributed by atoms with Crippen LogP contribution in [0.3, 0.4) is 0 Å². The third-order valence-corrected chi connectivity index (χ3v) is 2.07. The van der Waals surface area contributed by atoms with Gasteiger partial charge in [0.05, 0.1) is 5.56 Å². The second-order valence-electron chi connectivity index (χ2n) is 3.33. The van der Waals surface area contributed by atoms with Crippen molar-refractivity contribution in [3.05, 3.63) is 59.9 Å². The van der Waals surface area contributed by atoms with Crippen LogP contribution in [0.25, 0.3) is 0 Å². The Morgan fingerprint density at radius 2 is 2.00 bits per heavy atom. The number of benzene rings is 1. The van der Waals surface area contributed by atoms with Crippen molar-refractivity contribution >= 4 is 11.6 Å². The molecule has 1 heterocycles. The highest BCUT2D eigenvalue weighted by Crippen LogP contribution is 2.10. The molecule has 0 bridgehead atoms. The molecule has 1 amide bonds. The number of rotatable bonds is 2. The van der Waals surface area contributed by atoms with Crippen molar-refractivity contribution in [2.45, 2.75) is 0 Å². The van der Waals surface area contributed by atoms with Gasteiger partial charge in [-0.05, 0) is 30.3 Å². The average Bonchev–Trinajstić information content (AvgIpc) is 2.29. The summed E-state index contributed by atoms with van der Waals surface area (Å²) in [6.45, 7) is 0. The van der Waals surface area contributed by atoms with E-state index in [1.165, 1.54) is 24.3 Å². The highest BCUT2D eigenvalue weighted by molar-refractivity contribution is 6.03. The molecular formula is C12H8F2N2O. The molecule has 0 spiro atoms. The summed E-state index contributed by atoms with van der Waals surface area (Å²) in [5.74, 6) is -1.57. The SMILES string of the molecule is O=C(Nc1cccc(F)c1)c1ccc(F)nc1. The molecule has 17 heavy (non-hydrogen) atoms. The Bertz CT molecular complexity index is 540. The molecule has 2 aromatic rings. The molecule has 3 nitrogen and oxygen atoms in total. The van der Waals surface area contributed by atoms with Crippen LogP contribution in [0.5, 0.6) is 0 Å². The summed E-state index contributed by atoms with van der Waals surface area (Å²) in [7, 11) is 0. The van der Waals surface area contributed by atoms with Crippen LogP contribution in [0, 0.1) is 11.8 Å². The van der Waals surface area contributed by atoms with Crippen LogP contribution in [0.4, 0.5) is 14.5 Å². The van der Waals surface area contributed by atoms with Gasteiger partial charge in [0.1, 0.15) is 5.82 Å². The number of nitrogens with one attached hydrogen (secondary N) is 1. The fourth-order valence-electron chi connectivity index (χ4n) is 1.28. The van der Waals surface area contributed by atoms with Crippen molar-refractivity contribution in [1.29, 1.82) is 0 Å². The minimum absolute atomic E-state index is 0.204. The van der Waals surface area contributed by atoms with Crippen LogP contribution in [0.2, 0.25) is 0 Å². The third kappa shape index (κ3) is 2.84. The van der Waals surface area contributed by atoms with Crippen molar-refractivity contribution in [3.63, 3.8) is 0 Å². The Labute approximate surface area is 96.1 Å². The van der Waals surface area contributed by atoms with Crippen molar-refractivity contribution < 1.29 is 13.6 Å². The van der Waals surface area contributed by atoms with Gasteiger partial charge in [0.2, 0.25) is 5.95 Å². The zero-order valence-corrected chi connectivity index (χ0v) is 8.65. The molecule has 2 rings (SSSR count). The lowest BCUT2D eigenvalue weighted by Gasteiger charge is -2.04. The molecule has 1 aromatic heterocycles. The van der Waals surface area contributed by atoms with Crippen LogP contribution in [0.15, 0.2) is 42.6 Å². The van der Waals surface area contributed by atoms with Gasteiger partial charge < -0.3 is 5.32 Å². The Morgan fingerprint density at radius 3 is 2.65 bits per heavy atom. The van der Waals surface area contributed by atoms with Gasteiger partial charge in [0.25, 0.3) is 5.91 Å². The summed E-state index contributed by atoms with van der Waals surface area (Å²) in [4.78, 5) is 15.0. The first-order valence-corrected chi connectivity index (χ1v) is 4.83. The van der Waals surface area contributed by atoms with E-state index < -0.39 is 17.7 Å². The molecule has 5 heteroatoms. The van der Waals surface area contributed by atoms with Crippen LogP contribution in [-0.4, -0.2) is 10.9 Å². The Balaban J connectivity index is 2.14. The van der Waals surface area contributed by atoms with Gasteiger partial charge in [-0.3, -0.25) is 4.79 Å². The summed E-state index contributed by atoms with van der Waals surface area (Å²) in [5, 5.41) is 2.48. The number of amides is 1. The van der Waals surface area contributed by atoms with Crippen LogP contribution in [0.1, 0.15) is 10.4 Å². The number of aromatic nitrogens is 1. The second-order valence-corrected chi connectivity index (χ2v) is 3.33. The summed E-state index contributed by atoms with van der Waals surface area (Å²) in [6, 6.07) is 7.88. The molecule has 1 aromatic carbocycles. The number of pyridine rings is 1. The van der Waals surface area contributed by atoms with E-state index in [0.29, 0.717) is 5.69 Å². The number of carbonyl (C=O) groups is 1. The molecule has 0 radical (unpaired) electrons. The molecule has 0 unspecified atom stereocenters. The quantitative estimate of drug-likeness (QED) is 0.811. The highest BCUT2D eigenvalue weighted by atomic mass is 19.1. The van der Waals surface area contributed by atoms with Crippen LogP contribution < -0.4 is 5.32 Å². The first-order valence-electron chi connectivity index (χ1n) is 4.83. The van der Waals surface area contributed by atoms with Gasteiger partial charge in [-0.25, -0.2) is 9.37 Å². The van der Waals surface area contributed by atoms with E-state index in [0.717, 1.165) is 12.3 Å². The monoisotopic (exact) mass is 234 g/mol. The molecule has 0 aliphatic rings. The standard InChI is InChI=1S/C12H8F2N2O/c13-9-2-1-3-10(6-9)16-12(17)8-4-5-11(14)15-7-8/h1-7H,(H,16,17). The van der Waals surface area contributed by atoms with Crippen molar-refractivity contribution in [1.82, 2.24) is 4.98 Å². The summed E-state index contributed by atoms with van der Waals surface area (Å²) in [6.07, 6.45) is 1.12. The lowest BCUT2D eigenvalue weighted by molar-refractivity contribution is 0.102. The largest absolute Gasteiger partial charge is 0.322 e. The number of hydrogen-bond donors (Lipinski definition) is 1. The molecule has 0 saturated heterocycles. The molecular weight excluding hydrogens is 226 g/mol. The zero-order chi connectivity index (χ0) is 12.3. The van der Waals surface area contributed by atoms with E-state index in [2.05, 4.69) is 10.3 Å². The Hall–Kier alpha value is -2.30. The fraction of sp³-hybridized carbons (Fsp3) is 0. The molecule has 86 valence electrons. The number of halogens is 2. The molecule has 0 aliphatic heterocycles. The van der Waals surface area contributed by atoms with Gasteiger partial charge in [-0.15, -0.1) is 0 Å². The van der Waals surface area contributed by atoms with Gasteiger partial charge in [-0.1, -0.05) is 6.07 Å². The fourth-order valence-corrected chi connectivity index (χ4v) is 1.28. The van der Waals surface area contributed by atoms with E-state index in [4.69, 9.17) is 0 Å². The van der Waals surface area contributed by atoms with Gasteiger partial charge in [-0.2, -0.15) is 4.39 Å². The molecule has 0 aliphatic carbocycles. The molecule has 0 fully saturated rings. The smallest absolute Gasteiger partial charge is 0.257 e. The van der Waals surface area contributed by atoms with Crippen LogP contribution in [-0.2, 0) is 0 Å². The van der Waals surface area contributed by atoms with Gasteiger partial charge in [0.15, 0.2) is 0 Å². The maximum Gasteiger partial charge on any atom is 0.257 e. The average molecular weight is 234 g/mol. The Kier molecular flexibility index (Phi) is 3.09. The van der Waals surface area contributed by atoms with E-state index in [1.807, 2.05) is 0 Å². The lowest BCUT2D eigenvalue weighted by atomic mass is 10.2. The maximum atomic E-state index is 12.9. The number of carbonyl (C=O) groups excluding carboxylic acids is 1. The minimum Gasteiger partial charge on any atom is -0.322 e. The molecule has 0 saturated carbocycles. The maximum absolute atomic E-state index is 12.9. The topological polar surface area (TPSA) is 42.0 Å². The highest BCUT2D eigenvalue weighted by Gasteiger charge is 2.06. The normalized spacial score (nSPS) is 10.0. The molecule has 0 atom stereocenters. The van der Waals surface area contributed by atoms with Gasteiger partial charge >= 0.3 is 0 Å². The molecule has 1 N–H and O–H groups in total. The Morgan fingerprint density at radius 1 is 1.18 bits per heavy atom. The number of anilines is 1. The first-order chi connectivity index (χ1) is 8.15. The summed E-state index contributed by atoms with van der Waals surface area (Å²) >= 11 is 0. The predicted molar refractivity (Wildman–Crippen MR) is 58.5 cm³/mol. The predicted octanol–water partition coefficient (Wildman–Crippen LogP) is 2.61. The number of nitrogens with zero attached hydrogens (tertiary/aromatic N) is 1. The summed E-state index contributed by atoms with van der Waals surface area (Å²) in [5.41, 5.74) is 0.537. The second kappa shape index (κ2) is 4.69. The zero-order valence-electron chi connectivity index (χ0n) is 8.65. The van der Waals surface area contributed by atoms with E-state index in [-0.39, 0.29) is 5.56 Å². The van der Waals surface area contributed by atoms with Crippen LogP contribution >= 0.6 is 0 Å². The number of hydrogen-bond acceptors (Lipinski definition) is 2. The van der Waals surface area contributed by atoms with Crippen molar-refractivity contribution in [3.8, 4) is 0 Å². The third-order valence-electron chi connectivity index (χ3n) is 2.07. The van der Waals surface area contributed by atoms with Crippen molar-refractivity contribution in [2.24, 2.45) is 0 Å². The minimum atomic E-state index is -0.660. The van der Waals surface area contributed by atoms with Crippen molar-refractivity contribution in [2.75, 3.05) is 5.32 Å². The van der Waals surface area contributed by atoms with E-state index >= 15 is 0 Å². The first kappa shape index (κ1) is 11.2. The van der Waals surface area contributed by atoms with E-state index in [9.17, 15) is 13.6 Å². The van der Waals surface area contributed by atoms with E-state index in [1.54, 1.807) is 6.07 Å². The lowest BCUT2D eigenvalue weighted by Crippen LogP contribution is -2.12. The van der Waals surface area contributed by atoms with Gasteiger partial charge in [0, 0.05) is 11.9 Å². The summed E-state index contributed by atoms with van der Waals surface area (Å²) < 4.78 is 25.4.